The van der Waals surface area contributed by atoms with Crippen LogP contribution in [0.2, 0.25) is 5.02 Å². The number of nitrogens with one attached hydrogen (secondary N) is 2. The summed E-state index contributed by atoms with van der Waals surface area (Å²) >= 11 is 6.98. The Morgan fingerprint density at radius 2 is 2.02 bits per heavy atom. The molecule has 236 valence electrons. The number of aliphatic carboxylic acids is 1. The van der Waals surface area contributed by atoms with E-state index < -0.39 is 11.9 Å². The summed E-state index contributed by atoms with van der Waals surface area (Å²) in [6.07, 6.45) is 4.62. The molecule has 2 aliphatic heterocycles. The number of pyridine rings is 1. The molecule has 3 aromatic heterocycles. The van der Waals surface area contributed by atoms with Crippen LogP contribution in [-0.2, 0) is 29.7 Å². The van der Waals surface area contributed by atoms with Crippen LogP contribution in [0.1, 0.15) is 37.1 Å². The van der Waals surface area contributed by atoms with E-state index in [0.29, 0.717) is 67.0 Å². The molecule has 12 nitrogen and oxygen atoms in total. The number of carboxylic acid groups (broad SMARTS) is 1. The largest absolute Gasteiger partial charge is 0.481 e. The highest BCUT2D eigenvalue weighted by molar-refractivity contribution is 6.36. The number of piperidine rings is 1. The average molecular weight is 634 g/mol. The fraction of sp³-hybridized carbons (Fsp3) is 0.406. The van der Waals surface area contributed by atoms with Crippen molar-refractivity contribution in [1.29, 1.82) is 0 Å². The second-order valence-electron chi connectivity index (χ2n) is 11.7. The van der Waals surface area contributed by atoms with Gasteiger partial charge in [-0.2, -0.15) is 5.10 Å². The topological polar surface area (TPSA) is 143 Å². The molecule has 6 rings (SSSR count). The molecule has 2 aliphatic rings. The number of amides is 1. The SMILES string of the molecule is COc1nc(-c2cccc(-c3cc4c(=O)n(C)c(CN5CCC[C@@H](C(=O)O)C5)nn4c3)c2Cl)ccc1CNC[C@H]1CCC(=O)N1. The quantitative estimate of drug-likeness (QED) is 0.240. The van der Waals surface area contributed by atoms with Gasteiger partial charge in [-0.3, -0.25) is 23.9 Å². The fourth-order valence-corrected chi connectivity index (χ4v) is 6.49. The first-order valence-corrected chi connectivity index (χ1v) is 15.5. The van der Waals surface area contributed by atoms with Gasteiger partial charge in [-0.05, 0) is 37.9 Å². The molecule has 5 heterocycles. The second-order valence-corrected chi connectivity index (χ2v) is 12.1. The number of hydrogen-bond donors (Lipinski definition) is 3. The maximum Gasteiger partial charge on any atom is 0.307 e. The standard InChI is InChI=1S/C32H36ClN7O5/c1-38-27(18-39-12-4-5-20(16-39)32(43)44)37-40-17-21(13-26(40)31(38)42)23-6-3-7-24(29(23)33)25-10-8-19(30(36-25)45-2)14-34-15-22-9-11-28(41)35-22/h3,6-8,10,13,17,20,22,34H,4-5,9,11-12,14-16,18H2,1-2H3,(H,35,41)(H,43,44)/t20-,22-/m1/s1. The summed E-state index contributed by atoms with van der Waals surface area (Å²) in [5.41, 5.74) is 3.93. The number of ether oxygens (including phenoxy) is 1. The number of rotatable bonds is 10. The van der Waals surface area contributed by atoms with Crippen molar-refractivity contribution in [3.63, 3.8) is 0 Å². The molecule has 2 atom stereocenters. The Hall–Kier alpha value is -4.26. The summed E-state index contributed by atoms with van der Waals surface area (Å²) in [5.74, 6) is -0.0811. The third kappa shape index (κ3) is 6.44. The van der Waals surface area contributed by atoms with Crippen LogP contribution in [0, 0.1) is 5.92 Å². The Morgan fingerprint density at radius 1 is 1.20 bits per heavy atom. The maximum atomic E-state index is 13.4. The van der Waals surface area contributed by atoms with Gasteiger partial charge in [0.25, 0.3) is 5.56 Å². The smallest absolute Gasteiger partial charge is 0.307 e. The fourth-order valence-electron chi connectivity index (χ4n) is 6.16. The predicted molar refractivity (Wildman–Crippen MR) is 169 cm³/mol. The van der Waals surface area contributed by atoms with E-state index in [9.17, 15) is 19.5 Å². The number of halogens is 1. The number of benzene rings is 1. The Kier molecular flexibility index (Phi) is 8.88. The highest BCUT2D eigenvalue weighted by Crippen LogP contribution is 2.37. The van der Waals surface area contributed by atoms with Crippen LogP contribution in [-0.4, -0.2) is 73.8 Å². The van der Waals surface area contributed by atoms with Crippen molar-refractivity contribution in [2.75, 3.05) is 26.7 Å². The van der Waals surface area contributed by atoms with E-state index in [-0.39, 0.29) is 17.5 Å². The van der Waals surface area contributed by atoms with Crippen LogP contribution in [0.4, 0.5) is 0 Å². The maximum absolute atomic E-state index is 13.4. The number of likely N-dealkylation sites (tertiary alicyclic amines) is 1. The lowest BCUT2D eigenvalue weighted by atomic mass is 9.98. The van der Waals surface area contributed by atoms with Gasteiger partial charge in [0, 0.05) is 67.6 Å². The van der Waals surface area contributed by atoms with Crippen molar-refractivity contribution in [2.24, 2.45) is 13.0 Å². The van der Waals surface area contributed by atoms with Gasteiger partial charge in [-0.25, -0.2) is 9.50 Å². The van der Waals surface area contributed by atoms with Crippen LogP contribution in [0.3, 0.4) is 0 Å². The zero-order valence-electron chi connectivity index (χ0n) is 25.3. The molecule has 2 saturated heterocycles. The van der Waals surface area contributed by atoms with Crippen molar-refractivity contribution >= 4 is 29.0 Å². The molecule has 0 bridgehead atoms. The first-order valence-electron chi connectivity index (χ1n) is 15.1. The first-order chi connectivity index (χ1) is 21.7. The number of carbonyl (C=O) groups excluding carboxylic acids is 1. The van der Waals surface area contributed by atoms with E-state index in [1.54, 1.807) is 30.9 Å². The minimum atomic E-state index is -0.792. The van der Waals surface area contributed by atoms with E-state index in [2.05, 4.69) is 10.6 Å². The Balaban J connectivity index is 1.24. The number of aromatic nitrogens is 4. The van der Waals surface area contributed by atoms with Gasteiger partial charge in [-0.1, -0.05) is 35.9 Å². The molecular weight excluding hydrogens is 598 g/mol. The van der Waals surface area contributed by atoms with Gasteiger partial charge in [0.2, 0.25) is 11.8 Å². The van der Waals surface area contributed by atoms with Crippen molar-refractivity contribution in [3.8, 4) is 28.3 Å². The molecule has 3 N–H and O–H groups in total. The second kappa shape index (κ2) is 13.0. The molecule has 1 aromatic carbocycles. The number of carboxylic acids is 1. The van der Waals surface area contributed by atoms with E-state index in [4.69, 9.17) is 26.4 Å². The van der Waals surface area contributed by atoms with Gasteiger partial charge in [0.15, 0.2) is 0 Å². The number of methoxy groups -OCH3 is 1. The summed E-state index contributed by atoms with van der Waals surface area (Å²) in [7, 11) is 3.27. The summed E-state index contributed by atoms with van der Waals surface area (Å²) < 4.78 is 8.71. The molecule has 4 aromatic rings. The van der Waals surface area contributed by atoms with Gasteiger partial charge in [0.05, 0.1) is 30.3 Å². The van der Waals surface area contributed by atoms with Crippen LogP contribution in [0.5, 0.6) is 5.88 Å². The molecule has 45 heavy (non-hydrogen) atoms. The Bertz CT molecular complexity index is 1820. The van der Waals surface area contributed by atoms with E-state index in [0.717, 1.165) is 41.6 Å². The van der Waals surface area contributed by atoms with Crippen molar-refractivity contribution in [3.05, 3.63) is 69.4 Å². The molecule has 0 radical (unpaired) electrons. The van der Waals surface area contributed by atoms with Gasteiger partial charge in [0.1, 0.15) is 11.3 Å². The van der Waals surface area contributed by atoms with Crippen LogP contribution in [0.15, 0.2) is 47.4 Å². The first kappa shape index (κ1) is 30.8. The van der Waals surface area contributed by atoms with E-state index >= 15 is 0 Å². The van der Waals surface area contributed by atoms with Crippen molar-refractivity contribution < 1.29 is 19.4 Å². The van der Waals surface area contributed by atoms with Crippen LogP contribution in [0.25, 0.3) is 27.9 Å². The molecule has 0 spiro atoms. The molecule has 1 amide bonds. The van der Waals surface area contributed by atoms with Crippen LogP contribution >= 0.6 is 11.6 Å². The van der Waals surface area contributed by atoms with Crippen LogP contribution < -0.4 is 20.9 Å². The molecule has 0 aliphatic carbocycles. The highest BCUT2D eigenvalue weighted by atomic mass is 35.5. The third-order valence-electron chi connectivity index (χ3n) is 8.66. The minimum absolute atomic E-state index is 0.0894. The van der Waals surface area contributed by atoms with E-state index in [1.807, 2.05) is 35.2 Å². The highest BCUT2D eigenvalue weighted by Gasteiger charge is 2.26. The number of nitrogens with zero attached hydrogens (tertiary/aromatic N) is 5. The van der Waals surface area contributed by atoms with Gasteiger partial charge < -0.3 is 20.5 Å². The summed E-state index contributed by atoms with van der Waals surface area (Å²) in [5, 5.41) is 21.0. The van der Waals surface area contributed by atoms with Gasteiger partial charge >= 0.3 is 5.97 Å². The summed E-state index contributed by atoms with van der Waals surface area (Å²) in [6.45, 7) is 2.77. The predicted octanol–water partition coefficient (Wildman–Crippen LogP) is 3.09. The summed E-state index contributed by atoms with van der Waals surface area (Å²) in [4.78, 5) is 43.1. The third-order valence-corrected chi connectivity index (χ3v) is 9.07. The van der Waals surface area contributed by atoms with Crippen molar-refractivity contribution in [2.45, 2.75) is 44.8 Å². The monoisotopic (exact) mass is 633 g/mol. The lowest BCUT2D eigenvalue weighted by Gasteiger charge is -2.30. The molecule has 0 unspecified atom stereocenters. The van der Waals surface area contributed by atoms with Gasteiger partial charge in [-0.15, -0.1) is 0 Å². The normalized spacial score (nSPS) is 18.8. The average Bonchev–Trinajstić information content (AvgIpc) is 3.66. The molecule has 2 fully saturated rings. The molecule has 13 heteroatoms. The lowest BCUT2D eigenvalue weighted by molar-refractivity contribution is -0.143. The molecule has 0 saturated carbocycles. The zero-order valence-corrected chi connectivity index (χ0v) is 26.0. The van der Waals surface area contributed by atoms with Crippen molar-refractivity contribution in [1.82, 2.24) is 34.7 Å². The summed E-state index contributed by atoms with van der Waals surface area (Å²) in [6, 6.07) is 11.4. The lowest BCUT2D eigenvalue weighted by Crippen LogP contribution is -2.40. The Morgan fingerprint density at radius 3 is 2.78 bits per heavy atom. The Labute approximate surface area is 265 Å². The number of fused-ring (bicyclic) bond motifs is 1. The molecular formula is C32H36ClN7O5. The number of hydrogen-bond acceptors (Lipinski definition) is 8. The minimum Gasteiger partial charge on any atom is -0.481 e. The van der Waals surface area contributed by atoms with E-state index in [1.165, 1.54) is 4.57 Å². The zero-order chi connectivity index (χ0) is 31.7. The number of carbonyl (C=O) groups is 2.